The molecule has 1 aromatic heterocycles. The number of aromatic nitrogens is 1. The molecular formula is C23H25BrN2O4S2. The van der Waals surface area contributed by atoms with Crippen LogP contribution >= 0.6 is 27.3 Å². The number of hydrogen-bond acceptors (Lipinski definition) is 7. The van der Waals surface area contributed by atoms with E-state index in [1.54, 1.807) is 49.8 Å². The minimum Gasteiger partial charge on any atom is -0.497 e. The average Bonchev–Trinajstić information content (AvgIpc) is 3.27. The highest BCUT2D eigenvalue weighted by molar-refractivity contribution is 9.10. The van der Waals surface area contributed by atoms with E-state index in [-0.39, 0.29) is 5.25 Å². The van der Waals surface area contributed by atoms with E-state index in [1.807, 2.05) is 18.2 Å². The number of rotatable bonds is 7. The zero-order chi connectivity index (χ0) is 22.7. The second-order valence-electron chi connectivity index (χ2n) is 7.70. The second-order valence-corrected chi connectivity index (χ2v) is 11.7. The number of ether oxygens (including phenoxy) is 2. The van der Waals surface area contributed by atoms with Crippen LogP contribution in [0.3, 0.4) is 0 Å². The number of hydrogen-bond donors (Lipinski definition) is 0. The first kappa shape index (κ1) is 23.1. The van der Waals surface area contributed by atoms with Crippen molar-refractivity contribution >= 4 is 42.2 Å². The minimum absolute atomic E-state index is 0.358. The summed E-state index contributed by atoms with van der Waals surface area (Å²) in [5.74, 6) is 1.51. The maximum absolute atomic E-state index is 13.0. The van der Waals surface area contributed by atoms with Crippen LogP contribution in [0, 0.1) is 0 Å². The van der Waals surface area contributed by atoms with Gasteiger partial charge in [0.2, 0.25) is 0 Å². The van der Waals surface area contributed by atoms with Gasteiger partial charge in [0.1, 0.15) is 11.5 Å². The van der Waals surface area contributed by atoms with E-state index in [0.29, 0.717) is 37.2 Å². The third kappa shape index (κ3) is 5.10. The number of nitrogens with zero attached hydrogens (tertiary/aromatic N) is 2. The minimum atomic E-state index is -3.32. The van der Waals surface area contributed by atoms with Crippen LogP contribution in [0.5, 0.6) is 11.5 Å². The molecule has 3 aromatic rings. The van der Waals surface area contributed by atoms with Gasteiger partial charge in [0.15, 0.2) is 15.0 Å². The third-order valence-corrected chi connectivity index (χ3v) is 9.39. The van der Waals surface area contributed by atoms with Gasteiger partial charge >= 0.3 is 0 Å². The fourth-order valence-electron chi connectivity index (χ4n) is 3.87. The summed E-state index contributed by atoms with van der Waals surface area (Å²) < 4.78 is 37.6. The fourth-order valence-corrected chi connectivity index (χ4v) is 6.75. The van der Waals surface area contributed by atoms with Gasteiger partial charge in [0.05, 0.1) is 30.1 Å². The van der Waals surface area contributed by atoms with Gasteiger partial charge in [-0.2, -0.15) is 0 Å². The lowest BCUT2D eigenvalue weighted by molar-refractivity contribution is 0.393. The molecule has 0 amide bonds. The van der Waals surface area contributed by atoms with E-state index >= 15 is 0 Å². The summed E-state index contributed by atoms with van der Waals surface area (Å²) in [7, 11) is -0.0435. The lowest BCUT2D eigenvalue weighted by Gasteiger charge is -2.31. The Labute approximate surface area is 201 Å². The number of anilines is 1. The predicted molar refractivity (Wildman–Crippen MR) is 131 cm³/mol. The molecule has 0 saturated carbocycles. The van der Waals surface area contributed by atoms with Crippen molar-refractivity contribution in [1.29, 1.82) is 0 Å². The van der Waals surface area contributed by atoms with Crippen molar-refractivity contribution in [2.75, 3.05) is 32.2 Å². The maximum atomic E-state index is 13.0. The zero-order valence-electron chi connectivity index (χ0n) is 18.0. The van der Waals surface area contributed by atoms with E-state index in [2.05, 4.69) is 26.2 Å². The summed E-state index contributed by atoms with van der Waals surface area (Å²) in [6.45, 7) is 1.36. The van der Waals surface area contributed by atoms with Gasteiger partial charge in [0, 0.05) is 35.4 Å². The van der Waals surface area contributed by atoms with Crippen molar-refractivity contribution in [1.82, 2.24) is 4.98 Å². The number of thiazole rings is 1. The Balaban J connectivity index is 1.40. The summed E-state index contributed by atoms with van der Waals surface area (Å²) >= 11 is 4.96. The molecule has 4 rings (SSSR count). The average molecular weight is 538 g/mol. The molecule has 0 bridgehead atoms. The largest absolute Gasteiger partial charge is 0.497 e. The van der Waals surface area contributed by atoms with Crippen LogP contribution in [0.15, 0.2) is 57.2 Å². The van der Waals surface area contributed by atoms with Crippen LogP contribution < -0.4 is 14.4 Å². The number of methoxy groups -OCH3 is 2. The summed E-state index contributed by atoms with van der Waals surface area (Å²) in [6.07, 6.45) is 1.87. The first-order chi connectivity index (χ1) is 15.4. The lowest BCUT2D eigenvalue weighted by atomic mass is 10.1. The first-order valence-corrected chi connectivity index (χ1v) is 13.5. The van der Waals surface area contributed by atoms with Gasteiger partial charge in [-0.25, -0.2) is 13.4 Å². The van der Waals surface area contributed by atoms with Crippen molar-refractivity contribution in [2.24, 2.45) is 0 Å². The molecule has 0 atom stereocenters. The van der Waals surface area contributed by atoms with Crippen LogP contribution in [0.1, 0.15) is 24.1 Å². The van der Waals surface area contributed by atoms with Gasteiger partial charge in [-0.3, -0.25) is 0 Å². The smallest absolute Gasteiger partial charge is 0.185 e. The van der Waals surface area contributed by atoms with Crippen molar-refractivity contribution in [3.63, 3.8) is 0 Å². The Kier molecular flexibility index (Phi) is 7.07. The van der Waals surface area contributed by atoms with E-state index in [4.69, 9.17) is 14.5 Å². The highest BCUT2D eigenvalue weighted by Gasteiger charge is 2.32. The van der Waals surface area contributed by atoms with Crippen molar-refractivity contribution in [3.8, 4) is 11.5 Å². The molecule has 6 nitrogen and oxygen atoms in total. The highest BCUT2D eigenvalue weighted by Crippen LogP contribution is 2.31. The second kappa shape index (κ2) is 9.80. The molecule has 0 aliphatic carbocycles. The van der Waals surface area contributed by atoms with Crippen LogP contribution in [0.4, 0.5) is 5.13 Å². The van der Waals surface area contributed by atoms with E-state index < -0.39 is 9.84 Å². The van der Waals surface area contributed by atoms with E-state index in [0.717, 1.165) is 32.4 Å². The van der Waals surface area contributed by atoms with Crippen LogP contribution in [0.25, 0.3) is 0 Å². The zero-order valence-corrected chi connectivity index (χ0v) is 21.2. The number of benzene rings is 2. The molecule has 1 fully saturated rings. The Bertz CT molecular complexity index is 1150. The van der Waals surface area contributed by atoms with Gasteiger partial charge in [-0.15, -0.1) is 11.3 Å². The summed E-state index contributed by atoms with van der Waals surface area (Å²) in [5.41, 5.74) is 2.04. The van der Waals surface area contributed by atoms with Gasteiger partial charge in [-0.1, -0.05) is 15.9 Å². The Morgan fingerprint density at radius 1 is 1.06 bits per heavy atom. The van der Waals surface area contributed by atoms with Gasteiger partial charge in [-0.05, 0) is 54.8 Å². The van der Waals surface area contributed by atoms with Gasteiger partial charge in [0.25, 0.3) is 0 Å². The van der Waals surface area contributed by atoms with Crippen molar-refractivity contribution in [2.45, 2.75) is 29.4 Å². The Hall–Kier alpha value is -2.10. The van der Waals surface area contributed by atoms with Gasteiger partial charge < -0.3 is 14.4 Å². The first-order valence-electron chi connectivity index (χ1n) is 10.3. The maximum Gasteiger partial charge on any atom is 0.185 e. The lowest BCUT2D eigenvalue weighted by Crippen LogP contribution is -2.39. The molecule has 2 aromatic carbocycles. The molecule has 1 aliphatic heterocycles. The third-order valence-electron chi connectivity index (χ3n) is 5.63. The molecule has 0 radical (unpaired) electrons. The SMILES string of the molecule is COc1cc(Cc2csc(N3CCC(S(=O)(=O)c4ccc(Br)cc4)CC3)n2)cc(OC)c1. The molecule has 170 valence electrons. The molecule has 1 aliphatic rings. The predicted octanol–water partition coefficient (Wildman–Crippen LogP) is 4.96. The molecule has 0 spiro atoms. The molecule has 32 heavy (non-hydrogen) atoms. The van der Waals surface area contributed by atoms with Crippen LogP contribution in [-0.4, -0.2) is 46.0 Å². The molecule has 0 N–H and O–H groups in total. The quantitative estimate of drug-likeness (QED) is 0.425. The molecule has 1 saturated heterocycles. The standard InChI is InChI=1S/C23H25BrN2O4S2/c1-29-19-12-16(13-20(14-19)30-2)11-18-15-31-23(25-18)26-9-7-22(8-10-26)32(27,28)21-5-3-17(24)4-6-21/h3-6,12-15,22H,7-11H2,1-2H3. The number of piperidine rings is 1. The summed E-state index contributed by atoms with van der Waals surface area (Å²) in [5, 5.41) is 2.64. The number of halogens is 1. The molecule has 2 heterocycles. The Morgan fingerprint density at radius 3 is 2.28 bits per heavy atom. The Morgan fingerprint density at radius 2 is 1.69 bits per heavy atom. The number of sulfone groups is 1. The van der Waals surface area contributed by atoms with Crippen LogP contribution in [0.2, 0.25) is 0 Å². The monoisotopic (exact) mass is 536 g/mol. The van der Waals surface area contributed by atoms with E-state index in [1.165, 1.54) is 0 Å². The normalized spacial score (nSPS) is 15.0. The molecular weight excluding hydrogens is 512 g/mol. The summed E-state index contributed by atoms with van der Waals surface area (Å²) in [6, 6.07) is 12.7. The topological polar surface area (TPSA) is 68.7 Å². The van der Waals surface area contributed by atoms with Crippen molar-refractivity contribution in [3.05, 3.63) is 63.6 Å². The molecule has 0 unspecified atom stereocenters. The van der Waals surface area contributed by atoms with Crippen molar-refractivity contribution < 1.29 is 17.9 Å². The molecule has 9 heteroatoms. The van der Waals surface area contributed by atoms with Crippen LogP contribution in [-0.2, 0) is 16.3 Å². The highest BCUT2D eigenvalue weighted by atomic mass is 79.9. The van der Waals surface area contributed by atoms with E-state index in [9.17, 15) is 8.42 Å². The summed E-state index contributed by atoms with van der Waals surface area (Å²) in [4.78, 5) is 7.38. The fraction of sp³-hybridized carbons (Fsp3) is 0.348.